The molecule has 0 aliphatic rings. The van der Waals surface area contributed by atoms with Gasteiger partial charge in [-0.05, 0) is 33.3 Å². The summed E-state index contributed by atoms with van der Waals surface area (Å²) in [7, 11) is -2.96. The zero-order valence-electron chi connectivity index (χ0n) is 15.3. The summed E-state index contributed by atoms with van der Waals surface area (Å²) in [5.74, 6) is 1.38. The van der Waals surface area contributed by atoms with E-state index in [1.165, 1.54) is 6.26 Å². The Morgan fingerprint density at radius 1 is 1.40 bits per heavy atom. The fraction of sp³-hybridized carbons (Fsp3) is 0.625. The monoisotopic (exact) mass is 484 g/mol. The average molecular weight is 484 g/mol. The van der Waals surface area contributed by atoms with Crippen molar-refractivity contribution in [2.45, 2.75) is 39.8 Å². The Balaban J connectivity index is 0.00000576. The summed E-state index contributed by atoms with van der Waals surface area (Å²) in [6, 6.07) is 3.78. The maximum Gasteiger partial charge on any atom is 0.218 e. The molecule has 1 unspecified atom stereocenters. The lowest BCUT2D eigenvalue weighted by Gasteiger charge is -2.17. The van der Waals surface area contributed by atoms with Crippen LogP contribution < -0.4 is 15.4 Å². The van der Waals surface area contributed by atoms with Crippen molar-refractivity contribution in [2.24, 2.45) is 4.99 Å². The molecule has 0 aromatic carbocycles. The topological polar surface area (TPSA) is 92.7 Å². The molecule has 0 aliphatic carbocycles. The number of ether oxygens (including phenoxy) is 1. The Labute approximate surface area is 168 Å². The molecule has 144 valence electrons. The Kier molecular flexibility index (Phi) is 11.7. The fourth-order valence-electron chi connectivity index (χ4n) is 1.99. The van der Waals surface area contributed by atoms with E-state index in [-0.39, 0.29) is 35.8 Å². The van der Waals surface area contributed by atoms with Crippen molar-refractivity contribution in [1.82, 2.24) is 15.6 Å². The van der Waals surface area contributed by atoms with Crippen LogP contribution in [-0.2, 0) is 16.4 Å². The molecule has 2 N–H and O–H groups in total. The van der Waals surface area contributed by atoms with Gasteiger partial charge in [-0.3, -0.25) is 0 Å². The van der Waals surface area contributed by atoms with Gasteiger partial charge in [-0.15, -0.1) is 24.0 Å². The van der Waals surface area contributed by atoms with Gasteiger partial charge < -0.3 is 15.4 Å². The molecule has 7 nitrogen and oxygen atoms in total. The van der Waals surface area contributed by atoms with E-state index >= 15 is 0 Å². The summed E-state index contributed by atoms with van der Waals surface area (Å²) in [6.07, 6.45) is 3.46. The molecule has 0 saturated heterocycles. The molecule has 0 aliphatic heterocycles. The van der Waals surface area contributed by atoms with Gasteiger partial charge >= 0.3 is 0 Å². The van der Waals surface area contributed by atoms with Crippen LogP contribution in [0.1, 0.15) is 32.8 Å². The molecule has 0 amide bonds. The molecule has 0 radical (unpaired) electrons. The Hall–Kier alpha value is -1.10. The second-order valence-electron chi connectivity index (χ2n) is 5.56. The third-order valence-electron chi connectivity index (χ3n) is 3.19. The van der Waals surface area contributed by atoms with Crippen LogP contribution in [0.5, 0.6) is 5.88 Å². The van der Waals surface area contributed by atoms with Crippen LogP contribution >= 0.6 is 24.0 Å². The molecule has 0 spiro atoms. The number of pyridine rings is 1. The van der Waals surface area contributed by atoms with Crippen molar-refractivity contribution in [3.63, 3.8) is 0 Å². The fourth-order valence-corrected chi connectivity index (χ4v) is 2.77. The first kappa shape index (κ1) is 23.9. The summed E-state index contributed by atoms with van der Waals surface area (Å²) in [5, 5.41) is 6.39. The largest absolute Gasteiger partial charge is 0.478 e. The molecule has 1 heterocycles. The van der Waals surface area contributed by atoms with Gasteiger partial charge in [0.2, 0.25) is 5.88 Å². The van der Waals surface area contributed by atoms with Crippen molar-refractivity contribution < 1.29 is 13.2 Å². The highest BCUT2D eigenvalue weighted by Crippen LogP contribution is 2.15. The van der Waals surface area contributed by atoms with Gasteiger partial charge in [0.25, 0.3) is 0 Å². The number of rotatable bonds is 9. The standard InChI is InChI=1S/C16H28N4O3S.HI/c1-5-17-16(20-13(3)9-11-24(4,21)22)19-12-14-8-7-10-18-15(14)23-6-2;/h7-8,10,13H,5-6,9,11-12H2,1-4H3,(H2,17,19,20);1H. The van der Waals surface area contributed by atoms with Crippen LogP contribution in [0.25, 0.3) is 0 Å². The second-order valence-corrected chi connectivity index (χ2v) is 7.82. The SMILES string of the molecule is CCNC(=NCc1cccnc1OCC)NC(C)CCS(C)(=O)=O.I. The van der Waals surface area contributed by atoms with Crippen molar-refractivity contribution in [1.29, 1.82) is 0 Å². The van der Waals surface area contributed by atoms with Crippen LogP contribution in [0, 0.1) is 0 Å². The predicted octanol–water partition coefficient (Wildman–Crippen LogP) is 1.98. The van der Waals surface area contributed by atoms with Gasteiger partial charge in [0.1, 0.15) is 9.84 Å². The third kappa shape index (κ3) is 10.5. The van der Waals surface area contributed by atoms with Crippen molar-refractivity contribution in [3.05, 3.63) is 23.9 Å². The van der Waals surface area contributed by atoms with E-state index in [2.05, 4.69) is 20.6 Å². The highest BCUT2D eigenvalue weighted by molar-refractivity contribution is 14.0. The van der Waals surface area contributed by atoms with E-state index in [0.717, 1.165) is 12.1 Å². The number of guanidine groups is 1. The van der Waals surface area contributed by atoms with Crippen LogP contribution in [0.2, 0.25) is 0 Å². The summed E-state index contributed by atoms with van der Waals surface area (Å²) in [5.41, 5.74) is 0.903. The minimum Gasteiger partial charge on any atom is -0.478 e. The van der Waals surface area contributed by atoms with Gasteiger partial charge in [-0.25, -0.2) is 18.4 Å². The lowest BCUT2D eigenvalue weighted by atomic mass is 10.2. The molecule has 25 heavy (non-hydrogen) atoms. The minimum absolute atomic E-state index is 0. The smallest absolute Gasteiger partial charge is 0.218 e. The molecule has 1 rings (SSSR count). The predicted molar refractivity (Wildman–Crippen MR) is 113 cm³/mol. The number of nitrogens with zero attached hydrogens (tertiary/aromatic N) is 2. The Morgan fingerprint density at radius 2 is 2.12 bits per heavy atom. The normalized spacial score (nSPS) is 12.9. The molecule has 0 bridgehead atoms. The van der Waals surface area contributed by atoms with E-state index in [1.807, 2.05) is 32.9 Å². The number of nitrogens with one attached hydrogen (secondary N) is 2. The highest BCUT2D eigenvalue weighted by Gasteiger charge is 2.10. The van der Waals surface area contributed by atoms with E-state index in [4.69, 9.17) is 4.74 Å². The van der Waals surface area contributed by atoms with Gasteiger partial charge in [-0.2, -0.15) is 0 Å². The van der Waals surface area contributed by atoms with Crippen molar-refractivity contribution in [3.8, 4) is 5.88 Å². The number of aliphatic imine (C=N–C) groups is 1. The van der Waals surface area contributed by atoms with E-state index in [1.54, 1.807) is 6.20 Å². The highest BCUT2D eigenvalue weighted by atomic mass is 127. The molecule has 9 heteroatoms. The Bertz CT molecular complexity index is 638. The number of aromatic nitrogens is 1. The first-order valence-electron chi connectivity index (χ1n) is 8.15. The molecule has 1 aromatic heterocycles. The van der Waals surface area contributed by atoms with Crippen LogP contribution in [0.4, 0.5) is 0 Å². The number of hydrogen-bond donors (Lipinski definition) is 2. The van der Waals surface area contributed by atoms with Gasteiger partial charge in [0.15, 0.2) is 5.96 Å². The third-order valence-corrected chi connectivity index (χ3v) is 4.16. The lowest BCUT2D eigenvalue weighted by Crippen LogP contribution is -2.42. The van der Waals surface area contributed by atoms with E-state index in [9.17, 15) is 8.42 Å². The summed E-state index contributed by atoms with van der Waals surface area (Å²) in [6.45, 7) is 7.53. The van der Waals surface area contributed by atoms with Gasteiger partial charge in [0, 0.05) is 30.6 Å². The first-order chi connectivity index (χ1) is 11.4. The van der Waals surface area contributed by atoms with Crippen LogP contribution in [-0.4, -0.2) is 50.6 Å². The Morgan fingerprint density at radius 3 is 2.72 bits per heavy atom. The maximum absolute atomic E-state index is 11.3. The quantitative estimate of drug-likeness (QED) is 0.317. The van der Waals surface area contributed by atoms with Crippen LogP contribution in [0.3, 0.4) is 0 Å². The summed E-state index contributed by atoms with van der Waals surface area (Å²) >= 11 is 0. The first-order valence-corrected chi connectivity index (χ1v) is 10.2. The lowest BCUT2D eigenvalue weighted by molar-refractivity contribution is 0.323. The summed E-state index contributed by atoms with van der Waals surface area (Å²) in [4.78, 5) is 8.75. The number of hydrogen-bond acceptors (Lipinski definition) is 5. The number of halogens is 1. The van der Waals surface area contributed by atoms with Gasteiger partial charge in [0.05, 0.1) is 18.9 Å². The van der Waals surface area contributed by atoms with E-state index in [0.29, 0.717) is 31.4 Å². The summed E-state index contributed by atoms with van der Waals surface area (Å²) < 4.78 is 28.0. The molecular formula is C16H29IN4O3S. The molecule has 1 atom stereocenters. The molecule has 0 saturated carbocycles. The van der Waals surface area contributed by atoms with Crippen molar-refractivity contribution >= 4 is 39.8 Å². The van der Waals surface area contributed by atoms with Crippen LogP contribution in [0.15, 0.2) is 23.3 Å². The van der Waals surface area contributed by atoms with Crippen molar-refractivity contribution in [2.75, 3.05) is 25.2 Å². The zero-order valence-corrected chi connectivity index (χ0v) is 18.4. The average Bonchev–Trinajstić information content (AvgIpc) is 2.52. The minimum atomic E-state index is -2.96. The van der Waals surface area contributed by atoms with E-state index < -0.39 is 9.84 Å². The second kappa shape index (κ2) is 12.3. The number of sulfone groups is 1. The molecular weight excluding hydrogens is 455 g/mol. The maximum atomic E-state index is 11.3. The zero-order chi connectivity index (χ0) is 18.0. The van der Waals surface area contributed by atoms with Gasteiger partial charge in [-0.1, -0.05) is 6.07 Å². The molecule has 0 fully saturated rings. The molecule has 1 aromatic rings.